The number of rotatable bonds is 6. The van der Waals surface area contributed by atoms with E-state index in [1.165, 1.54) is 0 Å². The first-order chi connectivity index (χ1) is 9.31. The van der Waals surface area contributed by atoms with Crippen molar-refractivity contribution in [3.05, 3.63) is 30.1 Å². The van der Waals surface area contributed by atoms with E-state index in [-0.39, 0.29) is 12.0 Å². The monoisotopic (exact) mass is 261 g/mol. The summed E-state index contributed by atoms with van der Waals surface area (Å²) in [6.45, 7) is 2.81. The van der Waals surface area contributed by atoms with Gasteiger partial charge in [0.15, 0.2) is 0 Å². The number of aromatic nitrogens is 4. The lowest BCUT2D eigenvalue weighted by Gasteiger charge is -2.08. The van der Waals surface area contributed by atoms with Gasteiger partial charge in [-0.1, -0.05) is 6.07 Å². The largest absolute Gasteiger partial charge is 0.464 e. The van der Waals surface area contributed by atoms with Gasteiger partial charge in [0.2, 0.25) is 11.9 Å². The average Bonchev–Trinajstić information content (AvgIpc) is 2.46. The highest BCUT2D eigenvalue weighted by atomic mass is 16.5. The molecule has 0 aromatic carbocycles. The zero-order chi connectivity index (χ0) is 13.5. The zero-order valence-corrected chi connectivity index (χ0v) is 10.5. The van der Waals surface area contributed by atoms with Gasteiger partial charge in [-0.2, -0.15) is 15.0 Å². The van der Waals surface area contributed by atoms with E-state index in [1.807, 2.05) is 25.1 Å². The van der Waals surface area contributed by atoms with Gasteiger partial charge in [-0.25, -0.2) is 5.84 Å². The van der Waals surface area contributed by atoms with Gasteiger partial charge in [0, 0.05) is 6.20 Å². The Morgan fingerprint density at radius 2 is 2.05 bits per heavy atom. The van der Waals surface area contributed by atoms with Crippen LogP contribution in [0.4, 0.5) is 11.9 Å². The number of hydrogen-bond donors (Lipinski definition) is 3. The number of nitrogens with zero attached hydrogens (tertiary/aromatic N) is 4. The number of hydrazine groups is 1. The van der Waals surface area contributed by atoms with Crippen molar-refractivity contribution < 1.29 is 4.74 Å². The Morgan fingerprint density at radius 1 is 1.21 bits per heavy atom. The second kappa shape index (κ2) is 6.45. The van der Waals surface area contributed by atoms with Gasteiger partial charge < -0.3 is 10.1 Å². The fourth-order valence-electron chi connectivity index (χ4n) is 1.37. The Kier molecular flexibility index (Phi) is 4.40. The number of anilines is 2. The summed E-state index contributed by atoms with van der Waals surface area (Å²) < 4.78 is 5.23. The third kappa shape index (κ3) is 3.75. The molecule has 0 bridgehead atoms. The minimum atomic E-state index is 0.217. The number of nitrogens with one attached hydrogen (secondary N) is 2. The minimum Gasteiger partial charge on any atom is -0.464 e. The lowest BCUT2D eigenvalue weighted by molar-refractivity contribution is 0.312. The van der Waals surface area contributed by atoms with Crippen LogP contribution < -0.4 is 21.3 Å². The molecule has 8 heteroatoms. The molecule has 2 rings (SSSR count). The molecule has 0 unspecified atom stereocenters. The summed E-state index contributed by atoms with van der Waals surface area (Å²) in [7, 11) is 0. The van der Waals surface area contributed by atoms with Crippen molar-refractivity contribution in [3.63, 3.8) is 0 Å². The Labute approximate surface area is 110 Å². The Bertz CT molecular complexity index is 520. The van der Waals surface area contributed by atoms with Gasteiger partial charge in [0.05, 0.1) is 18.8 Å². The molecule has 0 radical (unpaired) electrons. The number of hydrogen-bond acceptors (Lipinski definition) is 8. The molecule has 0 saturated heterocycles. The van der Waals surface area contributed by atoms with Gasteiger partial charge in [-0.3, -0.25) is 10.4 Å². The quantitative estimate of drug-likeness (QED) is 0.511. The van der Waals surface area contributed by atoms with Crippen molar-refractivity contribution in [2.45, 2.75) is 13.5 Å². The molecule has 0 amide bonds. The molecule has 0 aliphatic carbocycles. The Hall–Kier alpha value is -2.48. The molecule has 8 nitrogen and oxygen atoms in total. The van der Waals surface area contributed by atoms with Crippen LogP contribution >= 0.6 is 0 Å². The van der Waals surface area contributed by atoms with Crippen molar-refractivity contribution in [1.29, 1.82) is 0 Å². The highest BCUT2D eigenvalue weighted by Gasteiger charge is 2.06. The summed E-state index contributed by atoms with van der Waals surface area (Å²) >= 11 is 0. The molecular weight excluding hydrogens is 246 g/mol. The van der Waals surface area contributed by atoms with Crippen LogP contribution in [-0.2, 0) is 6.54 Å². The van der Waals surface area contributed by atoms with E-state index in [4.69, 9.17) is 10.6 Å². The van der Waals surface area contributed by atoms with Gasteiger partial charge in [0.1, 0.15) is 0 Å². The standard InChI is InChI=1S/C11H15N7O/c1-2-19-11-16-9(15-10(17-11)18-12)14-7-8-5-3-4-6-13-8/h3-6H,2,7,12H2,1H3,(H2,14,15,16,17,18). The first kappa shape index (κ1) is 13.0. The summed E-state index contributed by atoms with van der Waals surface area (Å²) in [6, 6.07) is 5.89. The maximum absolute atomic E-state index is 5.29. The summed E-state index contributed by atoms with van der Waals surface area (Å²) in [5, 5.41) is 3.03. The van der Waals surface area contributed by atoms with Crippen LogP contribution in [0.1, 0.15) is 12.6 Å². The molecule has 4 N–H and O–H groups in total. The Morgan fingerprint density at radius 3 is 2.74 bits per heavy atom. The first-order valence-corrected chi connectivity index (χ1v) is 5.81. The molecule has 0 spiro atoms. The van der Waals surface area contributed by atoms with Crippen molar-refractivity contribution in [2.75, 3.05) is 17.3 Å². The summed E-state index contributed by atoms with van der Waals surface area (Å²) in [4.78, 5) is 16.3. The number of ether oxygens (including phenoxy) is 1. The molecule has 2 heterocycles. The van der Waals surface area contributed by atoms with E-state index in [0.717, 1.165) is 5.69 Å². The summed E-state index contributed by atoms with van der Waals surface area (Å²) in [5.74, 6) is 5.90. The molecule has 0 aliphatic heterocycles. The maximum Gasteiger partial charge on any atom is 0.323 e. The normalized spacial score (nSPS) is 10.0. The topological polar surface area (TPSA) is 111 Å². The molecule has 0 atom stereocenters. The minimum absolute atomic E-state index is 0.217. The van der Waals surface area contributed by atoms with Crippen LogP contribution in [0.5, 0.6) is 6.01 Å². The number of nitrogens with two attached hydrogens (primary N) is 1. The van der Waals surface area contributed by atoms with E-state index in [9.17, 15) is 0 Å². The van der Waals surface area contributed by atoms with Crippen LogP contribution in [0.15, 0.2) is 24.4 Å². The molecule has 2 aromatic rings. The molecule has 2 aromatic heterocycles. The third-order valence-electron chi connectivity index (χ3n) is 2.17. The van der Waals surface area contributed by atoms with E-state index in [2.05, 4.69) is 30.7 Å². The molecule has 0 fully saturated rings. The highest BCUT2D eigenvalue weighted by Crippen LogP contribution is 2.11. The summed E-state index contributed by atoms with van der Waals surface area (Å²) in [5.41, 5.74) is 3.24. The van der Waals surface area contributed by atoms with Gasteiger partial charge in [-0.05, 0) is 19.1 Å². The molecule has 0 aliphatic rings. The van der Waals surface area contributed by atoms with E-state index < -0.39 is 0 Å². The number of nitrogen functional groups attached to an aromatic ring is 1. The fourth-order valence-corrected chi connectivity index (χ4v) is 1.37. The lowest BCUT2D eigenvalue weighted by Crippen LogP contribution is -2.14. The van der Waals surface area contributed by atoms with Gasteiger partial charge >= 0.3 is 6.01 Å². The Balaban J connectivity index is 2.08. The zero-order valence-electron chi connectivity index (χ0n) is 10.5. The van der Waals surface area contributed by atoms with E-state index in [0.29, 0.717) is 19.1 Å². The van der Waals surface area contributed by atoms with Crippen molar-refractivity contribution >= 4 is 11.9 Å². The van der Waals surface area contributed by atoms with Crippen LogP contribution in [0, 0.1) is 0 Å². The van der Waals surface area contributed by atoms with Crippen LogP contribution in [-0.4, -0.2) is 26.5 Å². The predicted molar refractivity (Wildman–Crippen MR) is 70.4 cm³/mol. The van der Waals surface area contributed by atoms with Gasteiger partial charge in [0.25, 0.3) is 0 Å². The summed E-state index contributed by atoms with van der Waals surface area (Å²) in [6.07, 6.45) is 1.73. The maximum atomic E-state index is 5.29. The van der Waals surface area contributed by atoms with Crippen molar-refractivity contribution in [1.82, 2.24) is 19.9 Å². The SMILES string of the molecule is CCOc1nc(NN)nc(NCc2ccccn2)n1. The lowest BCUT2D eigenvalue weighted by atomic mass is 10.3. The number of pyridine rings is 1. The van der Waals surface area contributed by atoms with E-state index >= 15 is 0 Å². The van der Waals surface area contributed by atoms with Crippen LogP contribution in [0.25, 0.3) is 0 Å². The van der Waals surface area contributed by atoms with Gasteiger partial charge in [-0.15, -0.1) is 0 Å². The molecule has 0 saturated carbocycles. The predicted octanol–water partition coefficient (Wildman–Crippen LogP) is 0.563. The molecular formula is C11H15N7O. The fraction of sp³-hybridized carbons (Fsp3) is 0.273. The third-order valence-corrected chi connectivity index (χ3v) is 2.17. The van der Waals surface area contributed by atoms with E-state index in [1.54, 1.807) is 6.20 Å². The highest BCUT2D eigenvalue weighted by molar-refractivity contribution is 5.35. The molecule has 100 valence electrons. The second-order valence-electron chi connectivity index (χ2n) is 3.52. The second-order valence-corrected chi connectivity index (χ2v) is 3.52. The van der Waals surface area contributed by atoms with Crippen molar-refractivity contribution in [3.8, 4) is 6.01 Å². The first-order valence-electron chi connectivity index (χ1n) is 5.81. The average molecular weight is 261 g/mol. The molecule has 19 heavy (non-hydrogen) atoms. The van der Waals surface area contributed by atoms with Crippen molar-refractivity contribution in [2.24, 2.45) is 5.84 Å². The van der Waals surface area contributed by atoms with Crippen LogP contribution in [0.2, 0.25) is 0 Å². The van der Waals surface area contributed by atoms with Crippen LogP contribution in [0.3, 0.4) is 0 Å². The smallest absolute Gasteiger partial charge is 0.323 e.